The summed E-state index contributed by atoms with van der Waals surface area (Å²) in [6, 6.07) is 5.05. The third kappa shape index (κ3) is 5.38. The molecule has 110 valence electrons. The molecule has 1 aromatic carbocycles. The summed E-state index contributed by atoms with van der Waals surface area (Å²) in [6.07, 6.45) is 0.453. The highest BCUT2D eigenvalue weighted by Gasteiger charge is 2.16. The Kier molecular flexibility index (Phi) is 6.81. The number of aliphatic carboxylic acids is 1. The van der Waals surface area contributed by atoms with Crippen LogP contribution in [0.5, 0.6) is 5.75 Å². The Labute approximate surface area is 130 Å². The third-order valence-corrected chi connectivity index (χ3v) is 3.43. The topological polar surface area (TPSA) is 75.6 Å². The van der Waals surface area contributed by atoms with Crippen LogP contribution in [0.15, 0.2) is 22.7 Å². The van der Waals surface area contributed by atoms with Gasteiger partial charge in [0.25, 0.3) is 5.91 Å². The van der Waals surface area contributed by atoms with E-state index in [2.05, 4.69) is 21.2 Å². The number of nitrogens with one attached hydrogen (secondary N) is 1. The van der Waals surface area contributed by atoms with Crippen molar-refractivity contribution in [2.24, 2.45) is 5.92 Å². The maximum absolute atomic E-state index is 11.6. The van der Waals surface area contributed by atoms with Gasteiger partial charge in [-0.2, -0.15) is 0 Å². The van der Waals surface area contributed by atoms with Gasteiger partial charge in [-0.3, -0.25) is 9.59 Å². The molecule has 0 radical (unpaired) electrons. The summed E-state index contributed by atoms with van der Waals surface area (Å²) in [5, 5.41) is 11.8. The van der Waals surface area contributed by atoms with Crippen molar-refractivity contribution in [3.05, 3.63) is 27.7 Å². The number of benzene rings is 1. The van der Waals surface area contributed by atoms with Gasteiger partial charge in [-0.15, -0.1) is 0 Å². The largest absolute Gasteiger partial charge is 0.482 e. The Hall–Kier alpha value is -1.27. The van der Waals surface area contributed by atoms with Crippen molar-refractivity contribution in [1.82, 2.24) is 5.32 Å². The van der Waals surface area contributed by atoms with Crippen LogP contribution in [0, 0.1) is 5.92 Å². The van der Waals surface area contributed by atoms with Gasteiger partial charge in [0.1, 0.15) is 5.75 Å². The van der Waals surface area contributed by atoms with Crippen molar-refractivity contribution >= 4 is 39.4 Å². The van der Waals surface area contributed by atoms with E-state index in [1.807, 2.05) is 0 Å². The molecule has 1 unspecified atom stereocenters. The Balaban J connectivity index is 2.41. The Morgan fingerprint density at radius 1 is 1.50 bits per heavy atom. The van der Waals surface area contributed by atoms with Gasteiger partial charge in [0.2, 0.25) is 0 Å². The second-order valence-corrected chi connectivity index (χ2v) is 5.43. The predicted octanol–water partition coefficient (Wildman–Crippen LogP) is 2.71. The van der Waals surface area contributed by atoms with E-state index in [1.165, 1.54) is 0 Å². The first kappa shape index (κ1) is 16.8. The minimum absolute atomic E-state index is 0.0854. The molecule has 20 heavy (non-hydrogen) atoms. The zero-order valence-corrected chi connectivity index (χ0v) is 13.2. The van der Waals surface area contributed by atoms with Crippen LogP contribution >= 0.6 is 27.5 Å². The van der Waals surface area contributed by atoms with E-state index < -0.39 is 11.9 Å². The van der Waals surface area contributed by atoms with E-state index in [0.29, 0.717) is 17.2 Å². The number of amides is 1. The van der Waals surface area contributed by atoms with E-state index in [4.69, 9.17) is 21.4 Å². The lowest BCUT2D eigenvalue weighted by Gasteiger charge is -2.12. The molecular formula is C13H15BrClNO4. The fourth-order valence-electron chi connectivity index (χ4n) is 1.43. The van der Waals surface area contributed by atoms with Crippen LogP contribution in [0.1, 0.15) is 13.3 Å². The van der Waals surface area contributed by atoms with Crippen molar-refractivity contribution in [3.8, 4) is 5.75 Å². The smallest absolute Gasteiger partial charge is 0.308 e. The minimum atomic E-state index is -0.926. The van der Waals surface area contributed by atoms with E-state index in [-0.39, 0.29) is 19.1 Å². The van der Waals surface area contributed by atoms with Crippen LogP contribution < -0.4 is 10.1 Å². The quantitative estimate of drug-likeness (QED) is 0.780. The van der Waals surface area contributed by atoms with Crippen molar-refractivity contribution in [1.29, 1.82) is 0 Å². The molecule has 1 amide bonds. The van der Waals surface area contributed by atoms with Gasteiger partial charge < -0.3 is 15.2 Å². The van der Waals surface area contributed by atoms with Crippen molar-refractivity contribution in [2.45, 2.75) is 13.3 Å². The summed E-state index contributed by atoms with van der Waals surface area (Å²) in [5.41, 5.74) is 0. The second-order valence-electron chi connectivity index (χ2n) is 4.11. The summed E-state index contributed by atoms with van der Waals surface area (Å²) in [6.45, 7) is 1.63. The van der Waals surface area contributed by atoms with Gasteiger partial charge in [0.05, 0.1) is 10.9 Å². The maximum atomic E-state index is 11.6. The minimum Gasteiger partial charge on any atom is -0.482 e. The molecular weight excluding hydrogens is 350 g/mol. The van der Waals surface area contributed by atoms with Crippen molar-refractivity contribution in [3.63, 3.8) is 0 Å². The molecule has 0 heterocycles. The summed E-state index contributed by atoms with van der Waals surface area (Å²) in [5.74, 6) is -1.50. The Bertz CT molecular complexity index is 495. The number of ether oxygens (including phenoxy) is 1. The molecule has 0 aliphatic heterocycles. The molecule has 0 bridgehead atoms. The van der Waals surface area contributed by atoms with Crippen LogP contribution in [0.3, 0.4) is 0 Å². The van der Waals surface area contributed by atoms with Gasteiger partial charge >= 0.3 is 5.97 Å². The standard InChI is InChI=1S/C13H15BrClNO4/c1-2-8(13(18)19)6-16-12(17)7-20-11-4-3-9(14)5-10(11)15/h3-5,8H,2,6-7H2,1H3,(H,16,17)(H,18,19). The number of hydrogen-bond acceptors (Lipinski definition) is 3. The number of carboxylic acids is 1. The van der Waals surface area contributed by atoms with Gasteiger partial charge in [-0.25, -0.2) is 0 Å². The first-order valence-electron chi connectivity index (χ1n) is 6.01. The molecule has 0 fully saturated rings. The molecule has 0 saturated heterocycles. The van der Waals surface area contributed by atoms with Crippen LogP contribution in [0.4, 0.5) is 0 Å². The normalized spacial score (nSPS) is 11.8. The van der Waals surface area contributed by atoms with E-state index >= 15 is 0 Å². The summed E-state index contributed by atoms with van der Waals surface area (Å²) in [4.78, 5) is 22.4. The Morgan fingerprint density at radius 2 is 2.20 bits per heavy atom. The van der Waals surface area contributed by atoms with Crippen molar-refractivity contribution < 1.29 is 19.4 Å². The second kappa shape index (κ2) is 8.11. The maximum Gasteiger partial charge on any atom is 0.308 e. The zero-order chi connectivity index (χ0) is 15.1. The number of carboxylic acid groups (broad SMARTS) is 1. The molecule has 5 nitrogen and oxygen atoms in total. The number of carbonyl (C=O) groups excluding carboxylic acids is 1. The van der Waals surface area contributed by atoms with Crippen LogP contribution in [0.2, 0.25) is 5.02 Å². The molecule has 0 aliphatic rings. The highest BCUT2D eigenvalue weighted by molar-refractivity contribution is 9.10. The third-order valence-electron chi connectivity index (χ3n) is 2.64. The average molecular weight is 365 g/mol. The molecule has 7 heteroatoms. The van der Waals surface area contributed by atoms with Crippen LogP contribution in [-0.4, -0.2) is 30.1 Å². The number of hydrogen-bond donors (Lipinski definition) is 2. The summed E-state index contributed by atoms with van der Waals surface area (Å²) in [7, 11) is 0. The number of halogens is 2. The molecule has 1 aromatic rings. The predicted molar refractivity (Wildman–Crippen MR) is 79.1 cm³/mol. The molecule has 0 saturated carbocycles. The Morgan fingerprint density at radius 3 is 2.75 bits per heavy atom. The van der Waals surface area contributed by atoms with Gasteiger partial charge in [-0.1, -0.05) is 34.5 Å². The van der Waals surface area contributed by atoms with Gasteiger partial charge in [0, 0.05) is 11.0 Å². The molecule has 0 aromatic heterocycles. The van der Waals surface area contributed by atoms with E-state index in [0.717, 1.165) is 4.47 Å². The fraction of sp³-hybridized carbons (Fsp3) is 0.385. The molecule has 1 rings (SSSR count). The molecule has 1 atom stereocenters. The lowest BCUT2D eigenvalue weighted by atomic mass is 10.1. The average Bonchev–Trinajstić information content (AvgIpc) is 2.38. The fourth-order valence-corrected chi connectivity index (χ4v) is 2.16. The van der Waals surface area contributed by atoms with Crippen LogP contribution in [0.25, 0.3) is 0 Å². The lowest BCUT2D eigenvalue weighted by molar-refractivity contribution is -0.141. The molecule has 2 N–H and O–H groups in total. The van der Waals surface area contributed by atoms with Crippen molar-refractivity contribution in [2.75, 3.05) is 13.2 Å². The molecule has 0 aliphatic carbocycles. The highest BCUT2D eigenvalue weighted by atomic mass is 79.9. The first-order chi connectivity index (χ1) is 9.43. The zero-order valence-electron chi connectivity index (χ0n) is 10.9. The lowest BCUT2D eigenvalue weighted by Crippen LogP contribution is -2.35. The van der Waals surface area contributed by atoms with E-state index in [9.17, 15) is 9.59 Å². The monoisotopic (exact) mass is 363 g/mol. The first-order valence-corrected chi connectivity index (χ1v) is 7.18. The highest BCUT2D eigenvalue weighted by Crippen LogP contribution is 2.27. The van der Waals surface area contributed by atoms with Gasteiger partial charge in [-0.05, 0) is 24.6 Å². The summed E-state index contributed by atoms with van der Waals surface area (Å²) < 4.78 is 6.08. The number of carbonyl (C=O) groups is 2. The molecule has 0 spiro atoms. The SMILES string of the molecule is CCC(CNC(=O)COc1ccc(Br)cc1Cl)C(=O)O. The number of rotatable bonds is 7. The van der Waals surface area contributed by atoms with E-state index in [1.54, 1.807) is 25.1 Å². The van der Waals surface area contributed by atoms with Gasteiger partial charge in [0.15, 0.2) is 6.61 Å². The summed E-state index contributed by atoms with van der Waals surface area (Å²) >= 11 is 9.20. The van der Waals surface area contributed by atoms with Crippen LogP contribution in [-0.2, 0) is 9.59 Å².